The van der Waals surface area contributed by atoms with Crippen molar-refractivity contribution in [3.8, 4) is 0 Å². The van der Waals surface area contributed by atoms with E-state index in [-0.39, 0.29) is 17.9 Å². The van der Waals surface area contributed by atoms with E-state index < -0.39 is 5.41 Å². The van der Waals surface area contributed by atoms with Crippen molar-refractivity contribution in [3.63, 3.8) is 0 Å². The molecule has 2 heterocycles. The van der Waals surface area contributed by atoms with Gasteiger partial charge in [0.05, 0.1) is 24.1 Å². The number of carbonyl (C=O) groups is 2. The molecule has 5 nitrogen and oxygen atoms in total. The van der Waals surface area contributed by atoms with E-state index in [0.29, 0.717) is 23.0 Å². The summed E-state index contributed by atoms with van der Waals surface area (Å²) in [6.07, 6.45) is 5.56. The molecule has 2 aliphatic rings. The number of amides is 1. The highest BCUT2D eigenvalue weighted by Gasteiger charge is 2.41. The van der Waals surface area contributed by atoms with Gasteiger partial charge in [0.25, 0.3) is 5.91 Å². The van der Waals surface area contributed by atoms with Crippen molar-refractivity contribution in [1.82, 2.24) is 9.80 Å². The Kier molecular flexibility index (Phi) is 6.25. The Morgan fingerprint density at radius 3 is 2.61 bits per heavy atom. The highest BCUT2D eigenvalue weighted by atomic mass is 32.2. The first-order valence-electron chi connectivity index (χ1n) is 9.11. The number of ether oxygens (including phenoxy) is 1. The minimum Gasteiger partial charge on any atom is -0.469 e. The number of esters is 1. The number of hydrogen-bond donors (Lipinski definition) is 0. The zero-order valence-electron chi connectivity index (χ0n) is 16.3. The van der Waals surface area contributed by atoms with Crippen molar-refractivity contribution in [2.75, 3.05) is 19.4 Å². The van der Waals surface area contributed by atoms with Crippen molar-refractivity contribution < 1.29 is 14.3 Å². The zero-order chi connectivity index (χ0) is 20.3. The molecule has 1 saturated heterocycles. The van der Waals surface area contributed by atoms with Gasteiger partial charge >= 0.3 is 5.97 Å². The fourth-order valence-corrected chi connectivity index (χ4v) is 4.65. The molecule has 0 aliphatic carbocycles. The van der Waals surface area contributed by atoms with Crippen LogP contribution < -0.4 is 0 Å². The SMILES string of the molecule is COC(=O)C(C)(C)C1C=CC(C(=O)N2CCSC2=S)=CN1Cc1ccccc1. The molecule has 0 radical (unpaired) electrons. The number of thiocarbonyl (C=S) groups is 1. The second kappa shape index (κ2) is 8.49. The van der Waals surface area contributed by atoms with Gasteiger partial charge in [-0.05, 0) is 25.5 Å². The van der Waals surface area contributed by atoms with E-state index in [4.69, 9.17) is 17.0 Å². The van der Waals surface area contributed by atoms with Crippen LogP contribution in [0.2, 0.25) is 0 Å². The molecule has 148 valence electrons. The maximum atomic E-state index is 12.9. The second-order valence-electron chi connectivity index (χ2n) is 7.33. The fourth-order valence-electron chi connectivity index (χ4n) is 3.44. The van der Waals surface area contributed by atoms with Gasteiger partial charge in [0, 0.05) is 25.0 Å². The molecule has 28 heavy (non-hydrogen) atoms. The van der Waals surface area contributed by atoms with Crippen LogP contribution in [0.3, 0.4) is 0 Å². The van der Waals surface area contributed by atoms with E-state index in [9.17, 15) is 9.59 Å². The summed E-state index contributed by atoms with van der Waals surface area (Å²) in [6.45, 7) is 4.92. The summed E-state index contributed by atoms with van der Waals surface area (Å²) >= 11 is 6.82. The smallest absolute Gasteiger partial charge is 0.313 e. The lowest BCUT2D eigenvalue weighted by atomic mass is 9.81. The van der Waals surface area contributed by atoms with Gasteiger partial charge in [-0.15, -0.1) is 0 Å². The number of nitrogens with zero attached hydrogens (tertiary/aromatic N) is 2. The van der Waals surface area contributed by atoms with Crippen molar-refractivity contribution in [3.05, 3.63) is 59.8 Å². The van der Waals surface area contributed by atoms with E-state index in [1.54, 1.807) is 11.0 Å². The molecule has 1 amide bonds. The van der Waals surface area contributed by atoms with Gasteiger partial charge in [-0.2, -0.15) is 0 Å². The highest BCUT2D eigenvalue weighted by Crippen LogP contribution is 2.33. The zero-order valence-corrected chi connectivity index (χ0v) is 17.9. The third kappa shape index (κ3) is 4.15. The molecule has 0 N–H and O–H groups in total. The van der Waals surface area contributed by atoms with Crippen LogP contribution in [-0.4, -0.2) is 51.4 Å². The van der Waals surface area contributed by atoms with Crippen molar-refractivity contribution in [2.24, 2.45) is 5.41 Å². The summed E-state index contributed by atoms with van der Waals surface area (Å²) < 4.78 is 5.64. The van der Waals surface area contributed by atoms with Crippen LogP contribution in [-0.2, 0) is 20.9 Å². The molecule has 1 aromatic carbocycles. The Morgan fingerprint density at radius 2 is 2.00 bits per heavy atom. The summed E-state index contributed by atoms with van der Waals surface area (Å²) in [6, 6.07) is 9.74. The predicted molar refractivity (Wildman–Crippen MR) is 116 cm³/mol. The number of methoxy groups -OCH3 is 1. The normalized spacial score (nSPS) is 19.6. The molecule has 1 aromatic rings. The maximum absolute atomic E-state index is 12.9. The summed E-state index contributed by atoms with van der Waals surface area (Å²) in [5.74, 6) is 0.437. The number of benzene rings is 1. The minimum atomic E-state index is -0.774. The first-order chi connectivity index (χ1) is 13.3. The number of hydrogen-bond acceptors (Lipinski definition) is 6. The third-order valence-corrected chi connectivity index (χ3v) is 6.46. The van der Waals surface area contributed by atoms with Crippen LogP contribution in [0.4, 0.5) is 0 Å². The molecule has 0 spiro atoms. The van der Waals surface area contributed by atoms with Gasteiger partial charge in [-0.3, -0.25) is 14.5 Å². The molecule has 0 aromatic heterocycles. The highest BCUT2D eigenvalue weighted by molar-refractivity contribution is 8.23. The second-order valence-corrected chi connectivity index (χ2v) is 9.06. The van der Waals surface area contributed by atoms with E-state index in [1.807, 2.05) is 61.4 Å². The first-order valence-corrected chi connectivity index (χ1v) is 10.5. The largest absolute Gasteiger partial charge is 0.469 e. The Morgan fingerprint density at radius 1 is 1.29 bits per heavy atom. The summed E-state index contributed by atoms with van der Waals surface area (Å²) in [5.41, 5.74) is 0.889. The van der Waals surface area contributed by atoms with Gasteiger partial charge in [0.15, 0.2) is 0 Å². The lowest BCUT2D eigenvalue weighted by molar-refractivity contribution is -0.153. The Labute approximate surface area is 175 Å². The van der Waals surface area contributed by atoms with Crippen LogP contribution in [0.15, 0.2) is 54.3 Å². The Bertz CT molecular complexity index is 833. The first kappa shape index (κ1) is 20.6. The lowest BCUT2D eigenvalue weighted by Crippen LogP contribution is -2.47. The van der Waals surface area contributed by atoms with Crippen LogP contribution in [0.1, 0.15) is 19.4 Å². The van der Waals surface area contributed by atoms with Crippen molar-refractivity contribution in [2.45, 2.75) is 26.4 Å². The molecule has 1 fully saturated rings. The molecule has 0 saturated carbocycles. The summed E-state index contributed by atoms with van der Waals surface area (Å²) in [4.78, 5) is 29.0. The fraction of sp³-hybridized carbons (Fsp3) is 0.381. The van der Waals surface area contributed by atoms with Crippen LogP contribution in [0.25, 0.3) is 0 Å². The number of thioether (sulfide) groups is 1. The minimum absolute atomic E-state index is 0.0985. The monoisotopic (exact) mass is 416 g/mol. The van der Waals surface area contributed by atoms with Gasteiger partial charge in [-0.25, -0.2) is 0 Å². The topological polar surface area (TPSA) is 49.9 Å². The van der Waals surface area contributed by atoms with Gasteiger partial charge in [0.2, 0.25) is 0 Å². The average molecular weight is 417 g/mol. The average Bonchev–Trinajstić information content (AvgIpc) is 3.13. The van der Waals surface area contributed by atoms with Crippen LogP contribution >= 0.6 is 24.0 Å². The van der Waals surface area contributed by atoms with Crippen molar-refractivity contribution >= 4 is 40.2 Å². The Balaban J connectivity index is 1.91. The molecule has 1 atom stereocenters. The van der Waals surface area contributed by atoms with Crippen LogP contribution in [0, 0.1) is 5.41 Å². The van der Waals surface area contributed by atoms with E-state index >= 15 is 0 Å². The van der Waals surface area contributed by atoms with Crippen LogP contribution in [0.5, 0.6) is 0 Å². The van der Waals surface area contributed by atoms with Gasteiger partial charge in [0.1, 0.15) is 4.32 Å². The molecular weight excluding hydrogens is 392 g/mol. The number of rotatable bonds is 5. The molecule has 0 bridgehead atoms. The standard InChI is InChI=1S/C21H24N2O3S2/c1-21(2,19(25)26-3)17-10-9-16(18(24)23-11-12-28-20(23)27)14-22(17)13-15-7-5-4-6-8-15/h4-10,14,17H,11-13H2,1-3H3. The molecule has 2 aliphatic heterocycles. The van der Waals surface area contributed by atoms with E-state index in [2.05, 4.69) is 0 Å². The molecule has 7 heteroatoms. The summed E-state index contributed by atoms with van der Waals surface area (Å²) in [7, 11) is 1.40. The third-order valence-electron chi connectivity index (χ3n) is 5.03. The Hall–Kier alpha value is -2.12. The van der Waals surface area contributed by atoms with Crippen molar-refractivity contribution in [1.29, 1.82) is 0 Å². The number of carbonyl (C=O) groups excluding carboxylic acids is 2. The maximum Gasteiger partial charge on any atom is 0.313 e. The molecular formula is C21H24N2O3S2. The van der Waals surface area contributed by atoms with E-state index in [0.717, 1.165) is 11.3 Å². The molecule has 3 rings (SSSR count). The predicted octanol–water partition coefficient (Wildman–Crippen LogP) is 3.37. The summed E-state index contributed by atoms with van der Waals surface area (Å²) in [5, 5.41) is 0. The van der Waals surface area contributed by atoms with Gasteiger partial charge in [-0.1, -0.05) is 60.4 Å². The lowest BCUT2D eigenvalue weighted by Gasteiger charge is -2.40. The van der Waals surface area contributed by atoms with Gasteiger partial charge < -0.3 is 9.64 Å². The quantitative estimate of drug-likeness (QED) is 0.542. The molecule has 1 unspecified atom stereocenters. The van der Waals surface area contributed by atoms with E-state index in [1.165, 1.54) is 18.9 Å².